The van der Waals surface area contributed by atoms with Crippen LogP contribution in [0.5, 0.6) is 11.5 Å². The highest BCUT2D eigenvalue weighted by Gasteiger charge is 2.15. The lowest BCUT2D eigenvalue weighted by Gasteiger charge is -2.04. The zero-order valence-electron chi connectivity index (χ0n) is 14.0. The molecule has 1 aromatic heterocycles. The largest absolute Gasteiger partial charge is 1.00 e. The lowest BCUT2D eigenvalue weighted by Crippen LogP contribution is -3.00. The van der Waals surface area contributed by atoms with Gasteiger partial charge in [0.25, 0.3) is 0 Å². The maximum Gasteiger partial charge on any atom is 0.134 e. The van der Waals surface area contributed by atoms with Crippen LogP contribution in [-0.4, -0.2) is 20.8 Å². The Morgan fingerprint density at radius 2 is 1.75 bits per heavy atom. The van der Waals surface area contributed by atoms with E-state index in [2.05, 4.69) is 11.8 Å². The fourth-order valence-corrected chi connectivity index (χ4v) is 2.87. The number of hydrogen-bond donors (Lipinski definition) is 1. The molecule has 2 aromatic carbocycles. The summed E-state index contributed by atoms with van der Waals surface area (Å²) in [5.41, 5.74) is 7.27. The maximum atomic E-state index is 6.10. The van der Waals surface area contributed by atoms with E-state index in [1.54, 1.807) is 14.2 Å². The number of halogens is 1. The molecule has 24 heavy (non-hydrogen) atoms. The van der Waals surface area contributed by atoms with Gasteiger partial charge in [0.2, 0.25) is 0 Å². The Labute approximate surface area is 148 Å². The molecule has 0 spiro atoms. The molecule has 0 bridgehead atoms. The van der Waals surface area contributed by atoms with Crippen LogP contribution >= 0.6 is 0 Å². The second-order valence-electron chi connectivity index (χ2n) is 5.50. The fourth-order valence-electron chi connectivity index (χ4n) is 2.87. The van der Waals surface area contributed by atoms with Crippen molar-refractivity contribution in [3.8, 4) is 11.5 Å². The van der Waals surface area contributed by atoms with Crippen LogP contribution in [0.4, 0.5) is 0 Å². The summed E-state index contributed by atoms with van der Waals surface area (Å²) in [6.07, 6.45) is 1.63. The average Bonchev–Trinajstić information content (AvgIpc) is 2.92. The predicted molar refractivity (Wildman–Crippen MR) is 90.0 cm³/mol. The molecule has 0 aliphatic rings. The van der Waals surface area contributed by atoms with Gasteiger partial charge >= 0.3 is 0 Å². The van der Waals surface area contributed by atoms with Gasteiger partial charge in [-0.1, -0.05) is 12.1 Å². The van der Waals surface area contributed by atoms with E-state index in [1.165, 1.54) is 11.1 Å². The monoisotopic (exact) mass is 347 g/mol. The van der Waals surface area contributed by atoms with Gasteiger partial charge in [-0.15, -0.1) is 0 Å². The van der Waals surface area contributed by atoms with Crippen molar-refractivity contribution in [3.05, 3.63) is 59.4 Å². The van der Waals surface area contributed by atoms with Crippen molar-refractivity contribution in [2.45, 2.75) is 12.8 Å². The van der Waals surface area contributed by atoms with E-state index >= 15 is 0 Å². The SMILES string of the molecule is COc1cccc(Cc2oc3ccc(OC)cc3c2CC[NH3+])c1.[Cl-]. The first kappa shape index (κ1) is 18.2. The molecule has 3 aromatic rings. The molecule has 0 radical (unpaired) electrons. The molecule has 1 heterocycles. The van der Waals surface area contributed by atoms with Crippen LogP contribution in [-0.2, 0) is 12.8 Å². The van der Waals surface area contributed by atoms with E-state index in [9.17, 15) is 0 Å². The van der Waals surface area contributed by atoms with Gasteiger partial charge in [0.1, 0.15) is 22.8 Å². The minimum Gasteiger partial charge on any atom is -1.00 e. The van der Waals surface area contributed by atoms with E-state index in [-0.39, 0.29) is 12.4 Å². The van der Waals surface area contributed by atoms with E-state index in [0.29, 0.717) is 0 Å². The third kappa shape index (κ3) is 3.66. The Morgan fingerprint density at radius 1 is 1.00 bits per heavy atom. The predicted octanol–water partition coefficient (Wildman–Crippen LogP) is -0.171. The molecule has 128 valence electrons. The van der Waals surface area contributed by atoms with Gasteiger partial charge in [0.05, 0.1) is 20.8 Å². The summed E-state index contributed by atoms with van der Waals surface area (Å²) < 4.78 is 16.7. The Bertz CT molecular complexity index is 813. The molecule has 3 rings (SSSR count). The van der Waals surface area contributed by atoms with Gasteiger partial charge in [0.15, 0.2) is 0 Å². The first-order valence-electron chi connectivity index (χ1n) is 7.75. The van der Waals surface area contributed by atoms with Gasteiger partial charge < -0.3 is 32.0 Å². The Hall–Kier alpha value is -2.17. The van der Waals surface area contributed by atoms with Crippen LogP contribution in [0, 0.1) is 0 Å². The number of quaternary nitrogens is 1. The standard InChI is InChI=1S/C19H21NO3.ClH/c1-21-14-5-3-4-13(10-14)11-19-16(8-9-20)17-12-15(22-2)6-7-18(17)23-19;/h3-7,10,12H,8-9,11,20H2,1-2H3;1H. The van der Waals surface area contributed by atoms with Gasteiger partial charge in [-0.05, 0) is 35.9 Å². The molecule has 0 saturated heterocycles. The number of furan rings is 1. The summed E-state index contributed by atoms with van der Waals surface area (Å²) >= 11 is 0. The van der Waals surface area contributed by atoms with Crippen molar-refractivity contribution in [2.75, 3.05) is 20.8 Å². The molecule has 0 saturated carbocycles. The highest BCUT2D eigenvalue weighted by Crippen LogP contribution is 2.31. The van der Waals surface area contributed by atoms with Crippen molar-refractivity contribution < 1.29 is 32.0 Å². The Morgan fingerprint density at radius 3 is 2.46 bits per heavy atom. The average molecular weight is 348 g/mol. The zero-order valence-corrected chi connectivity index (χ0v) is 14.7. The number of fused-ring (bicyclic) bond motifs is 1. The van der Waals surface area contributed by atoms with Gasteiger partial charge in [-0.25, -0.2) is 0 Å². The van der Waals surface area contributed by atoms with Crippen LogP contribution in [0.3, 0.4) is 0 Å². The Kier molecular flexibility index (Phi) is 6.12. The lowest BCUT2D eigenvalue weighted by atomic mass is 10.0. The number of ether oxygens (including phenoxy) is 2. The normalized spacial score (nSPS) is 10.5. The zero-order chi connectivity index (χ0) is 16.2. The fraction of sp³-hybridized carbons (Fsp3) is 0.263. The summed E-state index contributed by atoms with van der Waals surface area (Å²) in [6.45, 7) is 0.830. The van der Waals surface area contributed by atoms with Crippen molar-refractivity contribution in [3.63, 3.8) is 0 Å². The molecule has 3 N–H and O–H groups in total. The summed E-state index contributed by atoms with van der Waals surface area (Å²) in [7, 11) is 3.36. The van der Waals surface area contributed by atoms with Crippen LogP contribution in [0.15, 0.2) is 46.9 Å². The summed E-state index contributed by atoms with van der Waals surface area (Å²) in [4.78, 5) is 0. The van der Waals surface area contributed by atoms with Crippen molar-refractivity contribution in [1.82, 2.24) is 0 Å². The molecule has 0 amide bonds. The molecule has 0 aliphatic carbocycles. The summed E-state index contributed by atoms with van der Waals surface area (Å²) in [5, 5.41) is 1.12. The molecule has 0 unspecified atom stereocenters. The molecule has 5 heteroatoms. The smallest absolute Gasteiger partial charge is 0.134 e. The van der Waals surface area contributed by atoms with E-state index in [1.807, 2.05) is 36.4 Å². The van der Waals surface area contributed by atoms with Crippen molar-refractivity contribution in [1.29, 1.82) is 0 Å². The molecular formula is C19H22ClNO3. The van der Waals surface area contributed by atoms with Crippen LogP contribution < -0.4 is 27.6 Å². The minimum atomic E-state index is 0. The third-order valence-electron chi connectivity index (χ3n) is 4.01. The quantitative estimate of drug-likeness (QED) is 0.673. The van der Waals surface area contributed by atoms with Gasteiger partial charge in [-0.3, -0.25) is 0 Å². The Balaban J connectivity index is 0.00000208. The summed E-state index contributed by atoms with van der Waals surface area (Å²) in [5.74, 6) is 2.70. The molecular weight excluding hydrogens is 326 g/mol. The maximum absolute atomic E-state index is 6.10. The van der Waals surface area contributed by atoms with Crippen LogP contribution in [0.1, 0.15) is 16.9 Å². The first-order chi connectivity index (χ1) is 11.2. The number of benzene rings is 2. The topological polar surface area (TPSA) is 59.2 Å². The van der Waals surface area contributed by atoms with Crippen LogP contribution in [0.2, 0.25) is 0 Å². The second-order valence-corrected chi connectivity index (χ2v) is 5.50. The number of methoxy groups -OCH3 is 2. The second kappa shape index (κ2) is 8.08. The van der Waals surface area contributed by atoms with Crippen molar-refractivity contribution in [2.24, 2.45) is 0 Å². The summed E-state index contributed by atoms with van der Waals surface area (Å²) in [6, 6.07) is 14.0. The molecule has 0 aliphatic heterocycles. The molecule has 0 atom stereocenters. The van der Waals surface area contributed by atoms with Gasteiger partial charge in [0, 0.05) is 23.8 Å². The third-order valence-corrected chi connectivity index (χ3v) is 4.01. The van der Waals surface area contributed by atoms with E-state index in [0.717, 1.165) is 47.6 Å². The number of hydrogen-bond acceptors (Lipinski definition) is 3. The molecule has 4 nitrogen and oxygen atoms in total. The highest BCUT2D eigenvalue weighted by atomic mass is 35.5. The molecule has 0 fully saturated rings. The lowest BCUT2D eigenvalue weighted by molar-refractivity contribution is -0.366. The van der Waals surface area contributed by atoms with E-state index < -0.39 is 0 Å². The van der Waals surface area contributed by atoms with Crippen molar-refractivity contribution >= 4 is 11.0 Å². The van der Waals surface area contributed by atoms with Gasteiger partial charge in [-0.2, -0.15) is 0 Å². The van der Waals surface area contributed by atoms with Crippen LogP contribution in [0.25, 0.3) is 11.0 Å². The first-order valence-corrected chi connectivity index (χ1v) is 7.75. The van der Waals surface area contributed by atoms with E-state index in [4.69, 9.17) is 13.9 Å². The number of rotatable bonds is 6. The minimum absolute atomic E-state index is 0. The highest BCUT2D eigenvalue weighted by molar-refractivity contribution is 5.84.